The van der Waals surface area contributed by atoms with Crippen LogP contribution < -0.4 is 5.32 Å². The van der Waals surface area contributed by atoms with Crippen molar-refractivity contribution >= 4 is 11.6 Å². The molecule has 1 aromatic heterocycles. The molecule has 2 aromatic rings. The number of aryl methyl sites for hydroxylation is 1. The highest BCUT2D eigenvalue weighted by atomic mass is 16.2. The van der Waals surface area contributed by atoms with Gasteiger partial charge in [0.05, 0.1) is 0 Å². The number of rotatable bonds is 3. The second kappa shape index (κ2) is 7.14. The Kier molecular flexibility index (Phi) is 4.76. The number of aromatic nitrogens is 1. The zero-order valence-corrected chi connectivity index (χ0v) is 13.7. The number of likely N-dealkylation sites (tertiary alicyclic amines) is 1. The van der Waals surface area contributed by atoms with Crippen molar-refractivity contribution < 1.29 is 4.79 Å². The first-order chi connectivity index (χ1) is 11.7. The first-order valence-electron chi connectivity index (χ1n) is 8.14. The Morgan fingerprint density at radius 3 is 2.79 bits per heavy atom. The molecule has 0 atom stereocenters. The molecule has 0 radical (unpaired) electrons. The highest BCUT2D eigenvalue weighted by Crippen LogP contribution is 2.19. The van der Waals surface area contributed by atoms with Crippen LogP contribution in [0.2, 0.25) is 0 Å². The number of amides is 1. The van der Waals surface area contributed by atoms with E-state index in [1.165, 1.54) is 11.8 Å². The number of carbonyl (C=O) groups excluding carboxylic acids is 1. The molecule has 0 unspecified atom stereocenters. The lowest BCUT2D eigenvalue weighted by Crippen LogP contribution is -2.42. The number of benzene rings is 1. The summed E-state index contributed by atoms with van der Waals surface area (Å²) in [4.78, 5) is 18.3. The fourth-order valence-corrected chi connectivity index (χ4v) is 3.00. The topological polar surface area (TPSA) is 69.0 Å². The Bertz CT molecular complexity index is 773. The van der Waals surface area contributed by atoms with E-state index < -0.39 is 0 Å². The quantitative estimate of drug-likeness (QED) is 0.944. The van der Waals surface area contributed by atoms with Gasteiger partial charge in [-0.15, -0.1) is 0 Å². The predicted octanol–water partition coefficient (Wildman–Crippen LogP) is 2.98. The number of nitrogens with zero attached hydrogens (tertiary/aromatic N) is 3. The van der Waals surface area contributed by atoms with Crippen LogP contribution in [0.25, 0.3) is 0 Å². The number of hydrogen-bond acceptors (Lipinski definition) is 4. The molecule has 0 saturated carbocycles. The summed E-state index contributed by atoms with van der Waals surface area (Å²) in [6.45, 7) is 3.51. The molecule has 1 amide bonds. The van der Waals surface area contributed by atoms with Gasteiger partial charge in [-0.1, -0.05) is 12.1 Å². The van der Waals surface area contributed by atoms with E-state index in [0.717, 1.165) is 18.5 Å². The molecule has 1 saturated heterocycles. The molecule has 5 heteroatoms. The maximum absolute atomic E-state index is 12.5. The average Bonchev–Trinajstić information content (AvgIpc) is 2.62. The van der Waals surface area contributed by atoms with E-state index >= 15 is 0 Å². The minimum Gasteiger partial charge on any atom is -0.382 e. The Balaban J connectivity index is 1.58. The Morgan fingerprint density at radius 2 is 2.08 bits per heavy atom. The molecule has 1 aliphatic rings. The molecule has 0 aliphatic carbocycles. The first kappa shape index (κ1) is 16.0. The summed E-state index contributed by atoms with van der Waals surface area (Å²) in [6, 6.07) is 13.9. The van der Waals surface area contributed by atoms with E-state index in [2.05, 4.69) is 35.4 Å². The summed E-state index contributed by atoms with van der Waals surface area (Å²) >= 11 is 0. The standard InChI is InChI=1S/C19H20N4O/c1-14-3-2-4-17(11-14)22-16-6-9-23(10-7-16)19(24)15-5-8-21-18(12-15)13-20/h2-5,8,11-12,16,22H,6-7,9-10H2,1H3. The number of pyridine rings is 1. The van der Waals surface area contributed by atoms with Crippen LogP contribution in [0.15, 0.2) is 42.6 Å². The molecule has 0 spiro atoms. The van der Waals surface area contributed by atoms with E-state index in [1.54, 1.807) is 12.1 Å². The van der Waals surface area contributed by atoms with Gasteiger partial charge < -0.3 is 10.2 Å². The number of nitriles is 1. The lowest BCUT2D eigenvalue weighted by atomic mass is 10.0. The smallest absolute Gasteiger partial charge is 0.254 e. The number of carbonyl (C=O) groups is 1. The van der Waals surface area contributed by atoms with Crippen molar-refractivity contribution in [1.29, 1.82) is 5.26 Å². The van der Waals surface area contributed by atoms with Gasteiger partial charge in [0.25, 0.3) is 5.91 Å². The fourth-order valence-electron chi connectivity index (χ4n) is 3.00. The third-order valence-corrected chi connectivity index (χ3v) is 4.29. The van der Waals surface area contributed by atoms with Crippen molar-refractivity contribution in [2.24, 2.45) is 0 Å². The number of anilines is 1. The van der Waals surface area contributed by atoms with E-state index in [4.69, 9.17) is 5.26 Å². The molecule has 3 rings (SSSR count). The van der Waals surface area contributed by atoms with Crippen molar-refractivity contribution in [2.45, 2.75) is 25.8 Å². The Labute approximate surface area is 141 Å². The molecule has 24 heavy (non-hydrogen) atoms. The molecule has 122 valence electrons. The monoisotopic (exact) mass is 320 g/mol. The van der Waals surface area contributed by atoms with Gasteiger partial charge in [0.2, 0.25) is 0 Å². The zero-order chi connectivity index (χ0) is 16.9. The minimum absolute atomic E-state index is 0.0251. The summed E-state index contributed by atoms with van der Waals surface area (Å²) in [5, 5.41) is 12.5. The normalized spacial score (nSPS) is 14.9. The van der Waals surface area contributed by atoms with Crippen LogP contribution in [0.4, 0.5) is 5.69 Å². The van der Waals surface area contributed by atoms with Gasteiger partial charge in [0, 0.05) is 36.6 Å². The van der Waals surface area contributed by atoms with Crippen LogP contribution in [0.5, 0.6) is 0 Å². The molecule has 1 N–H and O–H groups in total. The summed E-state index contributed by atoms with van der Waals surface area (Å²) in [7, 11) is 0. The molecular formula is C19H20N4O. The Morgan fingerprint density at radius 1 is 1.29 bits per heavy atom. The summed E-state index contributed by atoms with van der Waals surface area (Å²) in [5.74, 6) is -0.0251. The predicted molar refractivity (Wildman–Crippen MR) is 92.7 cm³/mol. The molecule has 0 bridgehead atoms. The molecule has 1 fully saturated rings. The average molecular weight is 320 g/mol. The number of piperidine rings is 1. The summed E-state index contributed by atoms with van der Waals surface area (Å²) in [5.41, 5.74) is 3.18. The molecular weight excluding hydrogens is 300 g/mol. The Hall–Kier alpha value is -2.87. The van der Waals surface area contributed by atoms with Crippen LogP contribution in [-0.4, -0.2) is 34.9 Å². The second-order valence-electron chi connectivity index (χ2n) is 6.12. The maximum atomic E-state index is 12.5. The van der Waals surface area contributed by atoms with Gasteiger partial charge in [0.1, 0.15) is 11.8 Å². The van der Waals surface area contributed by atoms with Crippen LogP contribution >= 0.6 is 0 Å². The number of hydrogen-bond donors (Lipinski definition) is 1. The van der Waals surface area contributed by atoms with E-state index in [1.807, 2.05) is 17.0 Å². The summed E-state index contributed by atoms with van der Waals surface area (Å²) < 4.78 is 0. The van der Waals surface area contributed by atoms with Crippen LogP contribution in [-0.2, 0) is 0 Å². The van der Waals surface area contributed by atoms with Crippen LogP contribution in [0, 0.1) is 18.3 Å². The van der Waals surface area contributed by atoms with Crippen molar-refractivity contribution in [1.82, 2.24) is 9.88 Å². The second-order valence-corrected chi connectivity index (χ2v) is 6.12. The van der Waals surface area contributed by atoms with Crippen molar-refractivity contribution in [2.75, 3.05) is 18.4 Å². The van der Waals surface area contributed by atoms with Crippen LogP contribution in [0.3, 0.4) is 0 Å². The lowest BCUT2D eigenvalue weighted by Gasteiger charge is -2.33. The van der Waals surface area contributed by atoms with Gasteiger partial charge in [-0.3, -0.25) is 4.79 Å². The highest BCUT2D eigenvalue weighted by molar-refractivity contribution is 5.94. The van der Waals surface area contributed by atoms with E-state index in [-0.39, 0.29) is 11.6 Å². The number of nitrogens with one attached hydrogen (secondary N) is 1. The fraction of sp³-hybridized carbons (Fsp3) is 0.316. The van der Waals surface area contributed by atoms with Crippen molar-refractivity contribution in [3.05, 3.63) is 59.4 Å². The third kappa shape index (κ3) is 3.72. The van der Waals surface area contributed by atoms with Gasteiger partial charge in [-0.2, -0.15) is 5.26 Å². The first-order valence-corrected chi connectivity index (χ1v) is 8.14. The van der Waals surface area contributed by atoms with Gasteiger partial charge in [-0.05, 0) is 49.6 Å². The van der Waals surface area contributed by atoms with E-state index in [9.17, 15) is 4.79 Å². The van der Waals surface area contributed by atoms with Gasteiger partial charge in [-0.25, -0.2) is 4.98 Å². The largest absolute Gasteiger partial charge is 0.382 e. The lowest BCUT2D eigenvalue weighted by molar-refractivity contribution is 0.0718. The minimum atomic E-state index is -0.0251. The van der Waals surface area contributed by atoms with E-state index in [0.29, 0.717) is 24.7 Å². The van der Waals surface area contributed by atoms with Crippen molar-refractivity contribution in [3.63, 3.8) is 0 Å². The van der Waals surface area contributed by atoms with Crippen LogP contribution in [0.1, 0.15) is 34.5 Å². The highest BCUT2D eigenvalue weighted by Gasteiger charge is 2.23. The SMILES string of the molecule is Cc1cccc(NC2CCN(C(=O)c3ccnc(C#N)c3)CC2)c1. The van der Waals surface area contributed by atoms with Gasteiger partial charge >= 0.3 is 0 Å². The molecule has 1 aromatic carbocycles. The third-order valence-electron chi connectivity index (χ3n) is 4.29. The maximum Gasteiger partial charge on any atom is 0.254 e. The van der Waals surface area contributed by atoms with Gasteiger partial charge in [0.15, 0.2) is 0 Å². The summed E-state index contributed by atoms with van der Waals surface area (Å²) in [6.07, 6.45) is 3.34. The molecule has 5 nitrogen and oxygen atoms in total. The zero-order valence-electron chi connectivity index (χ0n) is 13.7. The molecule has 1 aliphatic heterocycles. The van der Waals surface area contributed by atoms with Crippen molar-refractivity contribution in [3.8, 4) is 6.07 Å². The molecule has 2 heterocycles.